The van der Waals surface area contributed by atoms with Crippen molar-refractivity contribution in [3.63, 3.8) is 0 Å². The van der Waals surface area contributed by atoms with E-state index in [0.717, 1.165) is 29.5 Å². The number of methoxy groups -OCH3 is 1. The van der Waals surface area contributed by atoms with Gasteiger partial charge in [-0.25, -0.2) is 0 Å². The molecule has 1 aromatic rings. The molecule has 22 heavy (non-hydrogen) atoms. The van der Waals surface area contributed by atoms with Crippen molar-refractivity contribution in [2.24, 2.45) is 0 Å². The summed E-state index contributed by atoms with van der Waals surface area (Å²) in [5, 5.41) is 13.1. The summed E-state index contributed by atoms with van der Waals surface area (Å²) in [6.07, 6.45) is 2.25. The zero-order valence-corrected chi connectivity index (χ0v) is 16.4. The fraction of sp³-hybridized carbons (Fsp3) is 0.533. The molecule has 1 atom stereocenters. The molecule has 0 bridgehead atoms. The Balaban J connectivity index is 2.16. The summed E-state index contributed by atoms with van der Waals surface area (Å²) in [5.74, 6) is 0.00243. The minimum absolute atomic E-state index is 0.0893. The lowest BCUT2D eigenvalue weighted by atomic mass is 10.1. The molecule has 1 fully saturated rings. The van der Waals surface area contributed by atoms with Gasteiger partial charge < -0.3 is 15.2 Å². The Bertz CT molecular complexity index is 568. The normalized spacial score (nSPS) is 18.5. The molecule has 1 amide bonds. The molecule has 1 aromatic carbocycles. The van der Waals surface area contributed by atoms with Crippen LogP contribution in [0.25, 0.3) is 0 Å². The molecule has 0 aliphatic carbocycles. The Morgan fingerprint density at radius 2 is 2.36 bits per heavy atom. The number of nitrogens with zero attached hydrogens (tertiary/aromatic N) is 1. The third-order valence-electron chi connectivity index (χ3n) is 4.00. The Morgan fingerprint density at radius 1 is 1.64 bits per heavy atom. The second kappa shape index (κ2) is 7.83. The fourth-order valence-corrected chi connectivity index (χ4v) is 4.50. The lowest BCUT2D eigenvalue weighted by molar-refractivity contribution is 0.0935. The smallest absolute Gasteiger partial charge is 0.258 e. The first-order valence-electron chi connectivity index (χ1n) is 7.26. The van der Waals surface area contributed by atoms with Gasteiger partial charge in [-0.05, 0) is 70.5 Å². The van der Waals surface area contributed by atoms with Crippen molar-refractivity contribution in [1.82, 2.24) is 10.2 Å². The topological polar surface area (TPSA) is 61.8 Å². The van der Waals surface area contributed by atoms with Crippen LogP contribution < -0.4 is 10.1 Å². The zero-order valence-electron chi connectivity index (χ0n) is 12.7. The van der Waals surface area contributed by atoms with Crippen molar-refractivity contribution >= 4 is 44.4 Å². The highest BCUT2D eigenvalue weighted by atomic mass is 127. The quantitative estimate of drug-likeness (QED) is 0.633. The predicted molar refractivity (Wildman–Crippen MR) is 97.7 cm³/mol. The summed E-state index contributed by atoms with van der Waals surface area (Å²) in [7, 11) is 1.50. The van der Waals surface area contributed by atoms with Crippen molar-refractivity contribution in [2.45, 2.75) is 25.8 Å². The monoisotopic (exact) mass is 482 g/mol. The van der Waals surface area contributed by atoms with Crippen molar-refractivity contribution in [1.29, 1.82) is 0 Å². The highest BCUT2D eigenvalue weighted by molar-refractivity contribution is 14.1. The number of likely N-dealkylation sites (tertiary alicyclic amines) is 1. The molecular weight excluding hydrogens is 463 g/mol. The number of carbonyl (C=O) groups excluding carboxylic acids is 1. The van der Waals surface area contributed by atoms with E-state index in [4.69, 9.17) is 4.74 Å². The number of halogens is 2. The van der Waals surface area contributed by atoms with Crippen molar-refractivity contribution in [3.8, 4) is 11.5 Å². The maximum absolute atomic E-state index is 12.5. The Labute approximate surface area is 152 Å². The molecule has 0 aromatic heterocycles. The summed E-state index contributed by atoms with van der Waals surface area (Å²) in [6.45, 7) is 4.79. The maximum atomic E-state index is 12.5. The summed E-state index contributed by atoms with van der Waals surface area (Å²) in [6, 6.07) is 2.09. The van der Waals surface area contributed by atoms with Crippen LogP contribution in [-0.2, 0) is 0 Å². The van der Waals surface area contributed by atoms with Crippen molar-refractivity contribution in [2.75, 3.05) is 26.7 Å². The summed E-state index contributed by atoms with van der Waals surface area (Å²) >= 11 is 5.35. The average molecular weight is 483 g/mol. The molecule has 2 rings (SSSR count). The summed E-state index contributed by atoms with van der Waals surface area (Å²) < 4.78 is 6.54. The molecule has 1 aliphatic heterocycles. The van der Waals surface area contributed by atoms with Gasteiger partial charge in [0.15, 0.2) is 0 Å². The Kier molecular flexibility index (Phi) is 6.34. The van der Waals surface area contributed by atoms with Crippen LogP contribution in [0.5, 0.6) is 11.5 Å². The highest BCUT2D eigenvalue weighted by Crippen LogP contribution is 2.38. The van der Waals surface area contributed by atoms with Crippen LogP contribution in [0.15, 0.2) is 10.5 Å². The summed E-state index contributed by atoms with van der Waals surface area (Å²) in [5.41, 5.74) is 0.183. The van der Waals surface area contributed by atoms with Gasteiger partial charge in [0.1, 0.15) is 17.1 Å². The Hall–Kier alpha value is -0.540. The zero-order chi connectivity index (χ0) is 16.3. The third-order valence-corrected chi connectivity index (χ3v) is 5.40. The number of benzene rings is 1. The number of rotatable bonds is 5. The number of phenolic OH excluding ortho intramolecular Hbond substituents is 1. The van der Waals surface area contributed by atoms with E-state index in [0.29, 0.717) is 22.8 Å². The van der Waals surface area contributed by atoms with Crippen LogP contribution in [0.2, 0.25) is 0 Å². The van der Waals surface area contributed by atoms with Gasteiger partial charge in [0.05, 0.1) is 15.2 Å². The van der Waals surface area contributed by atoms with Gasteiger partial charge in [-0.2, -0.15) is 0 Å². The van der Waals surface area contributed by atoms with E-state index in [1.165, 1.54) is 7.11 Å². The molecule has 1 heterocycles. The summed E-state index contributed by atoms with van der Waals surface area (Å²) in [4.78, 5) is 14.9. The minimum Gasteiger partial charge on any atom is -0.506 e. The number of aromatic hydroxyl groups is 1. The molecule has 2 N–H and O–H groups in total. The van der Waals surface area contributed by atoms with E-state index in [1.54, 1.807) is 6.07 Å². The number of likely N-dealkylation sites (N-methyl/N-ethyl adjacent to an activating group) is 1. The van der Waals surface area contributed by atoms with Gasteiger partial charge >= 0.3 is 0 Å². The number of hydrogen-bond donors (Lipinski definition) is 2. The van der Waals surface area contributed by atoms with Crippen LogP contribution in [0.4, 0.5) is 0 Å². The van der Waals surface area contributed by atoms with Crippen LogP contribution in [0, 0.1) is 3.57 Å². The second-order valence-electron chi connectivity index (χ2n) is 5.23. The van der Waals surface area contributed by atoms with E-state index in [9.17, 15) is 9.90 Å². The number of amides is 1. The molecule has 5 nitrogen and oxygen atoms in total. The largest absolute Gasteiger partial charge is 0.506 e. The first-order chi connectivity index (χ1) is 10.5. The van der Waals surface area contributed by atoms with Gasteiger partial charge in [-0.15, -0.1) is 0 Å². The molecule has 0 spiro atoms. The lowest BCUT2D eigenvalue weighted by Gasteiger charge is -2.23. The fourth-order valence-electron chi connectivity index (χ4n) is 2.84. The van der Waals surface area contributed by atoms with Gasteiger partial charge in [-0.1, -0.05) is 6.92 Å². The number of hydrogen-bond acceptors (Lipinski definition) is 4. The van der Waals surface area contributed by atoms with Crippen molar-refractivity contribution in [3.05, 3.63) is 19.7 Å². The van der Waals surface area contributed by atoms with Crippen molar-refractivity contribution < 1.29 is 14.6 Å². The molecule has 1 unspecified atom stereocenters. The van der Waals surface area contributed by atoms with E-state index in [-0.39, 0.29) is 17.2 Å². The third kappa shape index (κ3) is 3.68. The van der Waals surface area contributed by atoms with Crippen LogP contribution in [0.3, 0.4) is 0 Å². The highest BCUT2D eigenvalue weighted by Gasteiger charge is 2.26. The number of ether oxygens (including phenoxy) is 1. The second-order valence-corrected chi connectivity index (χ2v) is 7.25. The van der Waals surface area contributed by atoms with E-state index in [1.807, 2.05) is 0 Å². The minimum atomic E-state index is -0.309. The van der Waals surface area contributed by atoms with Gasteiger partial charge in [0, 0.05) is 12.6 Å². The van der Waals surface area contributed by atoms with E-state index < -0.39 is 0 Å². The molecule has 1 saturated heterocycles. The van der Waals surface area contributed by atoms with E-state index >= 15 is 0 Å². The predicted octanol–water partition coefficient (Wildman–Crippen LogP) is 2.98. The first-order valence-corrected chi connectivity index (χ1v) is 9.13. The molecule has 122 valence electrons. The standard InChI is InChI=1S/C15H20BrIN2O3/c1-3-19-6-4-5-9(19)8-18-15(21)12-13(20)10(16)7-11(17)14(12)22-2/h7,9,20H,3-6,8H2,1-2H3,(H,18,21). The molecule has 0 saturated carbocycles. The molecule has 7 heteroatoms. The Morgan fingerprint density at radius 3 is 3.00 bits per heavy atom. The van der Waals surface area contributed by atoms with Crippen LogP contribution in [0.1, 0.15) is 30.1 Å². The molecule has 1 aliphatic rings. The van der Waals surface area contributed by atoms with Crippen LogP contribution >= 0.6 is 38.5 Å². The molecular formula is C15H20BrIN2O3. The number of nitrogens with one attached hydrogen (secondary N) is 1. The maximum Gasteiger partial charge on any atom is 0.258 e. The van der Waals surface area contributed by atoms with Gasteiger partial charge in [0.2, 0.25) is 0 Å². The molecule has 0 radical (unpaired) electrons. The van der Waals surface area contributed by atoms with Gasteiger partial charge in [0.25, 0.3) is 5.91 Å². The van der Waals surface area contributed by atoms with Crippen LogP contribution in [-0.4, -0.2) is 48.7 Å². The van der Waals surface area contributed by atoms with E-state index in [2.05, 4.69) is 55.7 Å². The number of carbonyl (C=O) groups is 1. The SMILES string of the molecule is CCN1CCCC1CNC(=O)c1c(O)c(Br)cc(I)c1OC. The lowest BCUT2D eigenvalue weighted by Crippen LogP contribution is -2.40. The number of phenols is 1. The van der Waals surface area contributed by atoms with Gasteiger partial charge in [-0.3, -0.25) is 9.69 Å². The average Bonchev–Trinajstić information content (AvgIpc) is 2.95. The first kappa shape index (κ1) is 17.8.